The fraction of sp³-hybridized carbons (Fsp3) is 0.600. The lowest BCUT2D eigenvalue weighted by molar-refractivity contribution is -0.151. The Hall–Kier alpha value is -2.24. The van der Waals surface area contributed by atoms with Gasteiger partial charge in [-0.2, -0.15) is 0 Å². The molecule has 0 bridgehead atoms. The number of aldehydes is 1. The monoisotopic (exact) mass is 362 g/mol. The fourth-order valence-corrected chi connectivity index (χ4v) is 3.95. The molecule has 0 aromatic heterocycles. The number of rotatable bonds is 8. The Morgan fingerprint density at radius 3 is 2.23 bits per heavy atom. The van der Waals surface area contributed by atoms with Gasteiger partial charge in [-0.05, 0) is 37.5 Å². The van der Waals surface area contributed by atoms with E-state index in [-0.39, 0.29) is 29.9 Å². The van der Waals surface area contributed by atoms with Crippen LogP contribution in [-0.4, -0.2) is 29.3 Å². The Labute approximate surface area is 153 Å². The van der Waals surface area contributed by atoms with E-state index < -0.39 is 23.8 Å². The molecule has 0 aromatic rings. The number of ether oxygens (including phenoxy) is 1. The van der Waals surface area contributed by atoms with E-state index in [1.54, 1.807) is 0 Å². The molecule has 0 spiro atoms. The third-order valence-electron chi connectivity index (χ3n) is 5.24. The number of carboxylic acids is 1. The van der Waals surface area contributed by atoms with Crippen LogP contribution in [0.4, 0.5) is 0 Å². The summed E-state index contributed by atoms with van der Waals surface area (Å²) in [6.07, 6.45) is 5.43. The first-order valence-corrected chi connectivity index (χ1v) is 9.35. The van der Waals surface area contributed by atoms with Crippen molar-refractivity contribution in [2.75, 3.05) is 0 Å². The Kier molecular flexibility index (Phi) is 6.89. The molecule has 0 radical (unpaired) electrons. The highest BCUT2D eigenvalue weighted by Crippen LogP contribution is 2.41. The van der Waals surface area contributed by atoms with Gasteiger partial charge in [-0.1, -0.05) is 39.5 Å². The van der Waals surface area contributed by atoms with E-state index in [1.165, 1.54) is 0 Å². The molecule has 1 N–H and O–H groups in total. The molecular weight excluding hydrogens is 336 g/mol. The predicted molar refractivity (Wildman–Crippen MR) is 94.1 cm³/mol. The number of carbonyl (C=O) groups excluding carboxylic acids is 3. The van der Waals surface area contributed by atoms with E-state index in [0.29, 0.717) is 30.3 Å². The summed E-state index contributed by atoms with van der Waals surface area (Å²) in [6.45, 7) is 4.00. The molecule has 1 heterocycles. The summed E-state index contributed by atoms with van der Waals surface area (Å²) in [5.74, 6) is -3.24. The second kappa shape index (κ2) is 8.92. The minimum Gasteiger partial charge on any atom is -0.478 e. The van der Waals surface area contributed by atoms with Crippen LogP contribution >= 0.6 is 0 Å². The van der Waals surface area contributed by atoms with Crippen molar-refractivity contribution in [2.45, 2.75) is 65.2 Å². The summed E-state index contributed by atoms with van der Waals surface area (Å²) < 4.78 is 4.84. The molecule has 0 saturated carbocycles. The van der Waals surface area contributed by atoms with Crippen molar-refractivity contribution in [1.29, 1.82) is 0 Å². The van der Waals surface area contributed by atoms with Crippen LogP contribution in [-0.2, 0) is 23.9 Å². The molecule has 0 aromatic carbocycles. The topological polar surface area (TPSA) is 97.7 Å². The van der Waals surface area contributed by atoms with E-state index in [4.69, 9.17) is 4.74 Å². The number of unbranched alkanes of at least 4 members (excludes halogenated alkanes) is 2. The van der Waals surface area contributed by atoms with Crippen LogP contribution in [0.25, 0.3) is 0 Å². The lowest BCUT2D eigenvalue weighted by atomic mass is 9.75. The van der Waals surface area contributed by atoms with Crippen molar-refractivity contribution >= 4 is 24.2 Å². The molecule has 6 nitrogen and oxygen atoms in total. The van der Waals surface area contributed by atoms with Crippen molar-refractivity contribution in [1.82, 2.24) is 0 Å². The number of hydrogen-bond acceptors (Lipinski definition) is 5. The zero-order chi connectivity index (χ0) is 19.3. The highest BCUT2D eigenvalue weighted by molar-refractivity contribution is 6.13. The molecule has 2 rings (SSSR count). The number of carbonyl (C=O) groups is 4. The van der Waals surface area contributed by atoms with Crippen molar-refractivity contribution in [2.24, 2.45) is 11.8 Å². The maximum atomic E-state index is 12.3. The van der Waals surface area contributed by atoms with Crippen LogP contribution in [0.2, 0.25) is 0 Å². The van der Waals surface area contributed by atoms with Crippen LogP contribution < -0.4 is 0 Å². The first-order valence-electron chi connectivity index (χ1n) is 9.35. The van der Waals surface area contributed by atoms with Gasteiger partial charge in [-0.15, -0.1) is 0 Å². The van der Waals surface area contributed by atoms with Crippen molar-refractivity contribution < 1.29 is 29.0 Å². The zero-order valence-electron chi connectivity index (χ0n) is 15.4. The van der Waals surface area contributed by atoms with E-state index in [0.717, 1.165) is 25.7 Å². The van der Waals surface area contributed by atoms with Gasteiger partial charge in [0.15, 0.2) is 0 Å². The van der Waals surface area contributed by atoms with Crippen molar-refractivity contribution in [3.05, 3.63) is 22.3 Å². The Bertz CT molecular complexity index is 670. The third-order valence-corrected chi connectivity index (χ3v) is 5.24. The number of esters is 2. The number of hydrogen-bond donors (Lipinski definition) is 1. The molecule has 142 valence electrons. The molecule has 2 atom stereocenters. The molecule has 26 heavy (non-hydrogen) atoms. The second-order valence-corrected chi connectivity index (χ2v) is 7.02. The van der Waals surface area contributed by atoms with Crippen LogP contribution in [0, 0.1) is 11.8 Å². The van der Waals surface area contributed by atoms with Gasteiger partial charge in [-0.3, -0.25) is 4.79 Å². The normalized spacial score (nSPS) is 26.2. The van der Waals surface area contributed by atoms with Crippen LogP contribution in [0.5, 0.6) is 0 Å². The van der Waals surface area contributed by atoms with E-state index in [9.17, 15) is 24.3 Å². The summed E-state index contributed by atoms with van der Waals surface area (Å²) in [4.78, 5) is 48.1. The highest BCUT2D eigenvalue weighted by atomic mass is 16.6. The Morgan fingerprint density at radius 2 is 1.69 bits per heavy atom. The second-order valence-electron chi connectivity index (χ2n) is 7.02. The summed E-state index contributed by atoms with van der Waals surface area (Å²) in [5, 5.41) is 9.73. The number of allylic oxidation sites excluding steroid dienone is 1. The fourth-order valence-electron chi connectivity index (χ4n) is 3.95. The van der Waals surface area contributed by atoms with Crippen molar-refractivity contribution in [3.63, 3.8) is 0 Å². The molecule has 0 amide bonds. The van der Waals surface area contributed by atoms with Gasteiger partial charge in [0, 0.05) is 16.7 Å². The maximum Gasteiger partial charge on any atom is 0.342 e. The molecule has 6 heteroatoms. The van der Waals surface area contributed by atoms with Gasteiger partial charge in [-0.25, -0.2) is 14.4 Å². The van der Waals surface area contributed by atoms with Gasteiger partial charge < -0.3 is 9.84 Å². The van der Waals surface area contributed by atoms with Gasteiger partial charge in [0.2, 0.25) is 0 Å². The Morgan fingerprint density at radius 1 is 1.08 bits per heavy atom. The average molecular weight is 362 g/mol. The number of cyclic esters (lactones) is 2. The van der Waals surface area contributed by atoms with Crippen LogP contribution in [0.1, 0.15) is 65.2 Å². The molecule has 1 aliphatic carbocycles. The van der Waals surface area contributed by atoms with Crippen molar-refractivity contribution in [3.8, 4) is 0 Å². The largest absolute Gasteiger partial charge is 0.478 e. The van der Waals surface area contributed by atoms with Gasteiger partial charge in [0.05, 0.1) is 5.57 Å². The summed E-state index contributed by atoms with van der Waals surface area (Å²) in [7, 11) is 0. The first-order chi connectivity index (χ1) is 12.4. The third kappa shape index (κ3) is 4.11. The highest BCUT2D eigenvalue weighted by Gasteiger charge is 2.41. The minimum absolute atomic E-state index is 0.0913. The van der Waals surface area contributed by atoms with Gasteiger partial charge >= 0.3 is 17.9 Å². The van der Waals surface area contributed by atoms with Crippen LogP contribution in [0.15, 0.2) is 22.3 Å². The molecule has 1 aliphatic heterocycles. The SMILES string of the molecule is CCCCC1C/C(C=O)=C(/C(=O)O)C(CCCC)CC2=C1C(=O)OC2=O. The van der Waals surface area contributed by atoms with Gasteiger partial charge in [0.25, 0.3) is 0 Å². The molecule has 2 unspecified atom stereocenters. The maximum absolute atomic E-state index is 12.3. The molecule has 2 aliphatic rings. The summed E-state index contributed by atoms with van der Waals surface area (Å²) in [6, 6.07) is 0. The zero-order valence-corrected chi connectivity index (χ0v) is 15.4. The predicted octanol–water partition coefficient (Wildman–Crippen LogP) is 3.35. The van der Waals surface area contributed by atoms with E-state index >= 15 is 0 Å². The molecular formula is C20H26O6. The number of carboxylic acid groups (broad SMARTS) is 1. The smallest absolute Gasteiger partial charge is 0.342 e. The number of aliphatic carboxylic acids is 1. The Balaban J connectivity index is 2.54. The summed E-state index contributed by atoms with van der Waals surface area (Å²) in [5.41, 5.74) is 0.988. The minimum atomic E-state index is -1.12. The first kappa shape index (κ1) is 20.1. The standard InChI is InChI=1S/C20H26O6/c1-3-5-7-12-9-14(11-21)16(18(22)23)13(8-6-4-2)10-15-17(12)20(25)26-19(15)24/h11-13H,3-10H2,1-2H3,(H,22,23)/b16-14-. The lowest BCUT2D eigenvalue weighted by Crippen LogP contribution is -2.23. The average Bonchev–Trinajstić information content (AvgIpc) is 2.85. The van der Waals surface area contributed by atoms with E-state index in [1.807, 2.05) is 13.8 Å². The van der Waals surface area contributed by atoms with Gasteiger partial charge in [0.1, 0.15) is 6.29 Å². The quantitative estimate of drug-likeness (QED) is 0.404. The molecule has 0 fully saturated rings. The van der Waals surface area contributed by atoms with Crippen LogP contribution in [0.3, 0.4) is 0 Å². The lowest BCUT2D eigenvalue weighted by Gasteiger charge is -2.26. The molecule has 0 saturated heterocycles. The summed E-state index contributed by atoms with van der Waals surface area (Å²) >= 11 is 0. The van der Waals surface area contributed by atoms with E-state index in [2.05, 4.69) is 0 Å².